The molecule has 0 aliphatic carbocycles. The van der Waals surface area contributed by atoms with E-state index in [2.05, 4.69) is 6.92 Å². The predicted molar refractivity (Wildman–Crippen MR) is 64.0 cm³/mol. The lowest BCUT2D eigenvalue weighted by Gasteiger charge is -2.39. The molecule has 1 heterocycles. The lowest BCUT2D eigenvalue weighted by atomic mass is 10.1. The van der Waals surface area contributed by atoms with Crippen molar-refractivity contribution in [1.29, 1.82) is 0 Å². The van der Waals surface area contributed by atoms with E-state index in [1.807, 2.05) is 42.5 Å². The van der Waals surface area contributed by atoms with Gasteiger partial charge in [0.2, 0.25) is 0 Å². The normalized spacial score (nSPS) is 25.1. The molecule has 1 unspecified atom stereocenters. The van der Waals surface area contributed by atoms with Crippen molar-refractivity contribution in [2.24, 2.45) is 0 Å². The molecule has 2 rings (SSSR count). The van der Waals surface area contributed by atoms with Crippen LogP contribution in [-0.4, -0.2) is 6.54 Å². The van der Waals surface area contributed by atoms with Gasteiger partial charge in [0.25, 0.3) is 0 Å². The van der Waals surface area contributed by atoms with Crippen LogP contribution in [0.5, 0.6) is 0 Å². The fourth-order valence-electron chi connectivity index (χ4n) is 1.79. The Balaban J connectivity index is 2.36. The highest BCUT2D eigenvalue weighted by molar-refractivity contribution is 5.49. The van der Waals surface area contributed by atoms with Crippen molar-refractivity contribution >= 4 is 5.69 Å². The van der Waals surface area contributed by atoms with E-state index in [4.69, 9.17) is 0 Å². The zero-order chi connectivity index (χ0) is 10.7. The van der Waals surface area contributed by atoms with Crippen molar-refractivity contribution in [2.75, 3.05) is 6.54 Å². The molecule has 0 radical (unpaired) electrons. The summed E-state index contributed by atoms with van der Waals surface area (Å²) in [5.41, 5.74) is 1.91. The lowest BCUT2D eigenvalue weighted by molar-refractivity contribution is 0.533. The van der Waals surface area contributed by atoms with Crippen LogP contribution >= 0.6 is 0 Å². The quantitative estimate of drug-likeness (QED) is 0.531. The molecular weight excluding hydrogens is 186 g/mol. The molecular formula is C13H15NO. The summed E-state index contributed by atoms with van der Waals surface area (Å²) in [4.78, 5) is 0. The zero-order valence-corrected chi connectivity index (χ0v) is 8.89. The van der Waals surface area contributed by atoms with E-state index in [0.29, 0.717) is 6.54 Å². The Morgan fingerprint density at radius 2 is 2.00 bits per heavy atom. The van der Waals surface area contributed by atoms with Crippen molar-refractivity contribution in [3.8, 4) is 0 Å². The first kappa shape index (κ1) is 10.1. The molecule has 0 fully saturated rings. The smallest absolute Gasteiger partial charge is 0.137 e. The minimum atomic E-state index is -0.361. The molecule has 0 bridgehead atoms. The van der Waals surface area contributed by atoms with Crippen LogP contribution in [0.25, 0.3) is 0 Å². The van der Waals surface area contributed by atoms with Crippen LogP contribution in [0.2, 0.25) is 0 Å². The summed E-state index contributed by atoms with van der Waals surface area (Å²) in [6, 6.07) is 9.52. The molecule has 78 valence electrons. The van der Waals surface area contributed by atoms with E-state index < -0.39 is 0 Å². The molecule has 0 N–H and O–H groups in total. The Labute approximate surface area is 90.3 Å². The van der Waals surface area contributed by atoms with Crippen molar-refractivity contribution in [1.82, 2.24) is 4.65 Å². The third kappa shape index (κ3) is 2.01. The Kier molecular flexibility index (Phi) is 2.71. The van der Waals surface area contributed by atoms with Gasteiger partial charge in [-0.1, -0.05) is 31.2 Å². The van der Waals surface area contributed by atoms with Crippen molar-refractivity contribution in [2.45, 2.75) is 13.3 Å². The molecule has 0 amide bonds. The summed E-state index contributed by atoms with van der Waals surface area (Å²) in [6.45, 7) is 2.56. The molecule has 1 atom stereocenters. The van der Waals surface area contributed by atoms with E-state index in [-0.39, 0.29) is 4.65 Å². The van der Waals surface area contributed by atoms with Gasteiger partial charge < -0.3 is 5.21 Å². The Hall–Kier alpha value is -1.38. The summed E-state index contributed by atoms with van der Waals surface area (Å²) in [7, 11) is 0. The number of quaternary nitrogens is 1. The van der Waals surface area contributed by atoms with Gasteiger partial charge in [0.05, 0.1) is 0 Å². The average molecular weight is 201 g/mol. The molecule has 1 aliphatic heterocycles. The van der Waals surface area contributed by atoms with Gasteiger partial charge in [0.15, 0.2) is 0 Å². The number of benzene rings is 1. The van der Waals surface area contributed by atoms with Crippen LogP contribution in [-0.2, 0) is 0 Å². The van der Waals surface area contributed by atoms with Crippen LogP contribution in [0, 0.1) is 5.21 Å². The lowest BCUT2D eigenvalue weighted by Crippen LogP contribution is -2.38. The maximum Gasteiger partial charge on any atom is 0.137 e. The molecule has 1 aromatic rings. The second kappa shape index (κ2) is 4.01. The number of hydrogen-bond acceptors (Lipinski definition) is 1. The van der Waals surface area contributed by atoms with Crippen molar-refractivity contribution < 1.29 is 0 Å². The van der Waals surface area contributed by atoms with E-state index in [0.717, 1.165) is 17.7 Å². The summed E-state index contributed by atoms with van der Waals surface area (Å²) in [5.74, 6) is 0. The van der Waals surface area contributed by atoms with E-state index in [1.165, 1.54) is 0 Å². The fourth-order valence-corrected chi connectivity index (χ4v) is 1.79. The monoisotopic (exact) mass is 201 g/mol. The van der Waals surface area contributed by atoms with Crippen LogP contribution < -0.4 is 4.65 Å². The third-order valence-electron chi connectivity index (χ3n) is 2.68. The van der Waals surface area contributed by atoms with E-state index in [9.17, 15) is 5.21 Å². The van der Waals surface area contributed by atoms with E-state index in [1.54, 1.807) is 6.20 Å². The van der Waals surface area contributed by atoms with Crippen molar-refractivity contribution in [3.63, 3.8) is 0 Å². The minimum absolute atomic E-state index is 0.361. The molecule has 1 aliphatic rings. The highest BCUT2D eigenvalue weighted by Crippen LogP contribution is 2.26. The maximum atomic E-state index is 12.5. The van der Waals surface area contributed by atoms with Crippen molar-refractivity contribution in [3.05, 3.63) is 59.5 Å². The van der Waals surface area contributed by atoms with Crippen LogP contribution in [0.15, 0.2) is 54.3 Å². The van der Waals surface area contributed by atoms with Gasteiger partial charge in [0.1, 0.15) is 18.4 Å². The molecule has 2 heteroatoms. The summed E-state index contributed by atoms with van der Waals surface area (Å²) < 4.78 is -0.361. The Morgan fingerprint density at radius 3 is 2.67 bits per heavy atom. The second-order valence-corrected chi connectivity index (χ2v) is 3.77. The van der Waals surface area contributed by atoms with Crippen LogP contribution in [0.4, 0.5) is 5.69 Å². The number of allylic oxidation sites excluding steroid dienone is 2. The number of para-hydroxylation sites is 1. The van der Waals surface area contributed by atoms with Gasteiger partial charge >= 0.3 is 0 Å². The summed E-state index contributed by atoms with van der Waals surface area (Å²) in [5, 5.41) is 12.5. The minimum Gasteiger partial charge on any atom is -0.622 e. The number of nitrogens with zero attached hydrogens (tertiary/aromatic N) is 1. The third-order valence-corrected chi connectivity index (χ3v) is 2.68. The van der Waals surface area contributed by atoms with Gasteiger partial charge in [-0.3, -0.25) is 4.65 Å². The zero-order valence-electron chi connectivity index (χ0n) is 8.89. The molecule has 0 aromatic heterocycles. The number of rotatable bonds is 2. The van der Waals surface area contributed by atoms with E-state index >= 15 is 0 Å². The molecule has 15 heavy (non-hydrogen) atoms. The maximum absolute atomic E-state index is 12.5. The Bertz CT molecular complexity index is 394. The highest BCUT2D eigenvalue weighted by Gasteiger charge is 2.19. The molecule has 1 aromatic carbocycles. The SMILES string of the molecule is CCC1=C[N+]([O-])(c2ccccc2)CC=C1. The molecule has 0 saturated heterocycles. The van der Waals surface area contributed by atoms with Crippen LogP contribution in [0.1, 0.15) is 13.3 Å². The van der Waals surface area contributed by atoms with Gasteiger partial charge in [0, 0.05) is 5.57 Å². The fraction of sp³-hybridized carbons (Fsp3) is 0.231. The van der Waals surface area contributed by atoms with Gasteiger partial charge in [-0.2, -0.15) is 0 Å². The number of hydroxylamine groups is 2. The molecule has 0 spiro atoms. The highest BCUT2D eigenvalue weighted by atomic mass is 16.5. The first-order valence-corrected chi connectivity index (χ1v) is 5.27. The molecule has 0 saturated carbocycles. The van der Waals surface area contributed by atoms with Gasteiger partial charge in [-0.15, -0.1) is 0 Å². The average Bonchev–Trinajstić information content (AvgIpc) is 2.30. The summed E-state index contributed by atoms with van der Waals surface area (Å²) >= 11 is 0. The first-order chi connectivity index (χ1) is 7.24. The second-order valence-electron chi connectivity index (χ2n) is 3.77. The van der Waals surface area contributed by atoms with Crippen LogP contribution in [0.3, 0.4) is 0 Å². The summed E-state index contributed by atoms with van der Waals surface area (Å²) in [6.07, 6.45) is 6.71. The molecule has 2 nitrogen and oxygen atoms in total. The Morgan fingerprint density at radius 1 is 1.27 bits per heavy atom. The standard InChI is InChI=1S/C13H15NO/c1-2-12-7-6-10-14(15,11-12)13-8-4-3-5-9-13/h3-9,11H,2,10H2,1H3. The first-order valence-electron chi connectivity index (χ1n) is 5.27. The van der Waals surface area contributed by atoms with Gasteiger partial charge in [-0.25, -0.2) is 0 Å². The largest absolute Gasteiger partial charge is 0.622 e. The van der Waals surface area contributed by atoms with Gasteiger partial charge in [-0.05, 0) is 24.6 Å². The predicted octanol–water partition coefficient (Wildman–Crippen LogP) is 3.36. The number of hydrogen-bond donors (Lipinski definition) is 0. The topological polar surface area (TPSA) is 23.1 Å².